The fourth-order valence-corrected chi connectivity index (χ4v) is 3.88. The molecule has 2 aromatic rings. The monoisotopic (exact) mass is 317 g/mol. The van der Waals surface area contributed by atoms with Crippen molar-refractivity contribution >= 4 is 26.4 Å². The zero-order valence-corrected chi connectivity index (χ0v) is 12.0. The van der Waals surface area contributed by atoms with Crippen LogP contribution < -0.4 is 4.72 Å². The van der Waals surface area contributed by atoms with Gasteiger partial charge in [-0.25, -0.2) is 18.1 Å². The van der Waals surface area contributed by atoms with Crippen LogP contribution in [0.15, 0.2) is 29.0 Å². The second-order valence-electron chi connectivity index (χ2n) is 3.99. The number of aromatic nitrogens is 3. The molecule has 0 fully saturated rings. The lowest BCUT2D eigenvalue weighted by atomic mass is 10.4. The van der Waals surface area contributed by atoms with Crippen molar-refractivity contribution in [3.63, 3.8) is 0 Å². The molecule has 1 atom stereocenters. The van der Waals surface area contributed by atoms with Crippen molar-refractivity contribution in [3.8, 4) is 0 Å². The van der Waals surface area contributed by atoms with E-state index in [4.69, 9.17) is 0 Å². The maximum atomic E-state index is 12.0. The van der Waals surface area contributed by atoms with Gasteiger partial charge in [0.15, 0.2) is 0 Å². The molecule has 20 heavy (non-hydrogen) atoms. The molecule has 0 bridgehead atoms. The quantitative estimate of drug-likeness (QED) is 0.616. The maximum absolute atomic E-state index is 12.0. The van der Waals surface area contributed by atoms with Gasteiger partial charge >= 0.3 is 5.00 Å². The first-order valence-corrected chi connectivity index (χ1v) is 7.77. The van der Waals surface area contributed by atoms with Crippen LogP contribution in [-0.4, -0.2) is 34.1 Å². The molecular weight excluding hydrogens is 306 g/mol. The first-order valence-electron chi connectivity index (χ1n) is 5.47. The summed E-state index contributed by atoms with van der Waals surface area (Å²) in [4.78, 5) is 13.7. The van der Waals surface area contributed by atoms with Gasteiger partial charge in [-0.3, -0.25) is 14.8 Å². The van der Waals surface area contributed by atoms with Gasteiger partial charge in [0.2, 0.25) is 0 Å². The Morgan fingerprint density at radius 3 is 2.85 bits per heavy atom. The lowest BCUT2D eigenvalue weighted by Crippen LogP contribution is -2.35. The Labute approximate surface area is 118 Å². The summed E-state index contributed by atoms with van der Waals surface area (Å²) >= 11 is 0.614. The Hall–Kier alpha value is -1.85. The van der Waals surface area contributed by atoms with Crippen molar-refractivity contribution in [2.45, 2.75) is 23.7 Å². The Morgan fingerprint density at radius 1 is 1.55 bits per heavy atom. The van der Waals surface area contributed by atoms with Crippen molar-refractivity contribution < 1.29 is 13.3 Å². The molecule has 0 aliphatic carbocycles. The van der Waals surface area contributed by atoms with E-state index in [1.165, 1.54) is 29.5 Å². The van der Waals surface area contributed by atoms with Gasteiger partial charge in [0, 0.05) is 12.1 Å². The highest BCUT2D eigenvalue weighted by Gasteiger charge is 2.22. The third-order valence-corrected chi connectivity index (χ3v) is 5.41. The van der Waals surface area contributed by atoms with E-state index in [0.717, 1.165) is 0 Å². The van der Waals surface area contributed by atoms with E-state index in [1.807, 2.05) is 0 Å². The van der Waals surface area contributed by atoms with E-state index < -0.39 is 21.0 Å². The SMILES string of the molecule is C[C@@H](Cn1cncn1)NS(=O)(=O)c1ccc([N+](=O)[O-])s1. The zero-order valence-electron chi connectivity index (χ0n) is 10.3. The number of rotatable bonds is 6. The van der Waals surface area contributed by atoms with Crippen molar-refractivity contribution in [1.29, 1.82) is 0 Å². The highest BCUT2D eigenvalue weighted by molar-refractivity contribution is 7.91. The molecule has 2 heterocycles. The first kappa shape index (κ1) is 14.6. The van der Waals surface area contributed by atoms with E-state index in [2.05, 4.69) is 14.8 Å². The Balaban J connectivity index is 2.08. The van der Waals surface area contributed by atoms with Crippen molar-refractivity contribution in [1.82, 2.24) is 19.5 Å². The minimum Gasteiger partial charge on any atom is -0.258 e. The van der Waals surface area contributed by atoms with Crippen LogP contribution in [0.2, 0.25) is 0 Å². The normalized spacial score (nSPS) is 13.2. The number of nitro groups is 1. The van der Waals surface area contributed by atoms with E-state index in [9.17, 15) is 18.5 Å². The summed E-state index contributed by atoms with van der Waals surface area (Å²) in [6.45, 7) is 1.98. The molecule has 0 aromatic carbocycles. The Bertz CT molecular complexity index is 694. The molecule has 0 unspecified atom stereocenters. The van der Waals surface area contributed by atoms with Crippen molar-refractivity contribution in [2.75, 3.05) is 0 Å². The van der Waals surface area contributed by atoms with Gasteiger partial charge in [-0.2, -0.15) is 5.10 Å². The average Bonchev–Trinajstić information content (AvgIpc) is 2.97. The van der Waals surface area contributed by atoms with E-state index in [0.29, 0.717) is 17.9 Å². The summed E-state index contributed by atoms with van der Waals surface area (Å²) in [5.74, 6) is 0. The fourth-order valence-electron chi connectivity index (χ4n) is 1.52. The number of sulfonamides is 1. The van der Waals surface area contributed by atoms with Crippen LogP contribution in [0.4, 0.5) is 5.00 Å². The van der Waals surface area contributed by atoms with Gasteiger partial charge < -0.3 is 0 Å². The predicted octanol–water partition coefficient (Wildman–Crippen LogP) is 0.615. The molecule has 2 rings (SSSR count). The summed E-state index contributed by atoms with van der Waals surface area (Å²) in [5.41, 5.74) is 0. The summed E-state index contributed by atoms with van der Waals surface area (Å²) in [6, 6.07) is 1.96. The smallest absolute Gasteiger partial charge is 0.258 e. The molecule has 0 spiro atoms. The molecule has 1 N–H and O–H groups in total. The number of hydrogen-bond acceptors (Lipinski definition) is 7. The number of thiophene rings is 1. The van der Waals surface area contributed by atoms with Gasteiger partial charge in [-0.15, -0.1) is 0 Å². The van der Waals surface area contributed by atoms with E-state index >= 15 is 0 Å². The lowest BCUT2D eigenvalue weighted by molar-refractivity contribution is -0.380. The average molecular weight is 317 g/mol. The molecule has 0 amide bonds. The summed E-state index contributed by atoms with van der Waals surface area (Å²) in [7, 11) is -3.77. The van der Waals surface area contributed by atoms with Gasteiger partial charge in [-0.1, -0.05) is 0 Å². The highest BCUT2D eigenvalue weighted by atomic mass is 32.2. The number of nitrogens with zero attached hydrogens (tertiary/aromatic N) is 4. The van der Waals surface area contributed by atoms with Crippen molar-refractivity contribution in [2.24, 2.45) is 0 Å². The summed E-state index contributed by atoms with van der Waals surface area (Å²) < 4.78 is 27.9. The molecule has 11 heteroatoms. The van der Waals surface area contributed by atoms with Crippen LogP contribution in [0.3, 0.4) is 0 Å². The molecule has 0 saturated heterocycles. The molecule has 0 aliphatic heterocycles. The van der Waals surface area contributed by atoms with Crippen LogP contribution >= 0.6 is 11.3 Å². The number of nitrogens with one attached hydrogen (secondary N) is 1. The highest BCUT2D eigenvalue weighted by Crippen LogP contribution is 2.27. The topological polar surface area (TPSA) is 120 Å². The lowest BCUT2D eigenvalue weighted by Gasteiger charge is -2.12. The first-order chi connectivity index (χ1) is 9.38. The van der Waals surface area contributed by atoms with Gasteiger partial charge in [-0.05, 0) is 24.3 Å². The van der Waals surface area contributed by atoms with E-state index in [1.54, 1.807) is 6.92 Å². The third-order valence-electron chi connectivity index (χ3n) is 2.30. The van der Waals surface area contributed by atoms with Crippen LogP contribution in [0.5, 0.6) is 0 Å². The maximum Gasteiger partial charge on any atom is 0.325 e. The van der Waals surface area contributed by atoms with Gasteiger partial charge in [0.05, 0.1) is 11.5 Å². The summed E-state index contributed by atoms with van der Waals surface area (Å²) in [5, 5.41) is 14.2. The number of hydrogen-bond donors (Lipinski definition) is 1. The second kappa shape index (κ2) is 5.64. The van der Waals surface area contributed by atoms with Crippen LogP contribution in [-0.2, 0) is 16.6 Å². The Kier molecular flexibility index (Phi) is 4.11. The largest absolute Gasteiger partial charge is 0.325 e. The standard InChI is InChI=1S/C9H11N5O4S2/c1-7(4-13-6-10-5-11-13)12-20(17,18)9-3-2-8(19-9)14(15)16/h2-3,5-7,12H,4H2,1H3/t7-/m0/s1. The van der Waals surface area contributed by atoms with Crippen LogP contribution in [0.1, 0.15) is 6.92 Å². The third kappa shape index (κ3) is 3.37. The second-order valence-corrected chi connectivity index (χ2v) is 6.99. The minimum atomic E-state index is -3.77. The molecule has 0 radical (unpaired) electrons. The molecular formula is C9H11N5O4S2. The van der Waals surface area contributed by atoms with Crippen LogP contribution in [0, 0.1) is 10.1 Å². The molecule has 0 saturated carbocycles. The Morgan fingerprint density at radius 2 is 2.30 bits per heavy atom. The fraction of sp³-hybridized carbons (Fsp3) is 0.333. The minimum absolute atomic E-state index is 0.0883. The predicted molar refractivity (Wildman–Crippen MR) is 70.8 cm³/mol. The summed E-state index contributed by atoms with van der Waals surface area (Å²) in [6.07, 6.45) is 2.82. The molecule has 9 nitrogen and oxygen atoms in total. The molecule has 0 aliphatic rings. The van der Waals surface area contributed by atoms with Gasteiger partial charge in [0.1, 0.15) is 16.9 Å². The van der Waals surface area contributed by atoms with E-state index in [-0.39, 0.29) is 9.21 Å². The van der Waals surface area contributed by atoms with Crippen molar-refractivity contribution in [3.05, 3.63) is 34.9 Å². The molecule has 108 valence electrons. The molecule has 2 aromatic heterocycles. The van der Waals surface area contributed by atoms with Crippen LogP contribution in [0.25, 0.3) is 0 Å². The zero-order chi connectivity index (χ0) is 14.8. The van der Waals surface area contributed by atoms with Gasteiger partial charge in [0.25, 0.3) is 10.0 Å².